The first-order valence-corrected chi connectivity index (χ1v) is 7.09. The fourth-order valence-corrected chi connectivity index (χ4v) is 2.67. The summed E-state index contributed by atoms with van der Waals surface area (Å²) in [6.45, 7) is 4.27. The molecule has 1 aromatic carbocycles. The van der Waals surface area contributed by atoms with Crippen molar-refractivity contribution in [2.24, 2.45) is 0 Å². The number of nitrogens with two attached hydrogens (primary N) is 1. The molecule has 3 heteroatoms. The zero-order valence-electron chi connectivity index (χ0n) is 12.1. The molecule has 1 aromatic heterocycles. The first kappa shape index (κ1) is 14.5. The minimum Gasteiger partial charge on any atom is -0.398 e. The van der Waals surface area contributed by atoms with Crippen LogP contribution in [-0.2, 0) is 5.41 Å². The summed E-state index contributed by atoms with van der Waals surface area (Å²) < 4.78 is 0. The molecule has 3 nitrogen and oxygen atoms in total. The maximum Gasteiger partial charge on any atom is 0.0567 e. The molecule has 0 unspecified atom stereocenters. The number of hydrogen-bond donors (Lipinski definition) is 2. The van der Waals surface area contributed by atoms with Gasteiger partial charge in [0.1, 0.15) is 0 Å². The van der Waals surface area contributed by atoms with Crippen LogP contribution in [0.1, 0.15) is 32.4 Å². The van der Waals surface area contributed by atoms with Crippen molar-refractivity contribution in [2.45, 2.75) is 32.1 Å². The lowest BCUT2D eigenvalue weighted by Gasteiger charge is -2.31. The minimum atomic E-state index is -0.307. The van der Waals surface area contributed by atoms with E-state index in [4.69, 9.17) is 5.73 Å². The molecule has 0 aliphatic carbocycles. The highest BCUT2D eigenvalue weighted by Gasteiger charge is 2.32. The molecule has 20 heavy (non-hydrogen) atoms. The van der Waals surface area contributed by atoms with E-state index >= 15 is 0 Å². The molecule has 0 bridgehead atoms. The SMILES string of the molecule is CCC(CC)(CO)c1ncccc1-c1ccccc1N. The van der Waals surface area contributed by atoms with Crippen molar-refractivity contribution < 1.29 is 5.11 Å². The van der Waals surface area contributed by atoms with Gasteiger partial charge in [-0.2, -0.15) is 0 Å². The average Bonchev–Trinajstić information content (AvgIpc) is 2.51. The van der Waals surface area contributed by atoms with Crippen molar-refractivity contribution in [1.29, 1.82) is 0 Å². The molecule has 0 aliphatic rings. The van der Waals surface area contributed by atoms with Crippen molar-refractivity contribution in [2.75, 3.05) is 12.3 Å². The maximum atomic E-state index is 9.90. The van der Waals surface area contributed by atoms with Crippen LogP contribution >= 0.6 is 0 Å². The number of para-hydroxylation sites is 1. The number of nitrogens with zero attached hydrogens (tertiary/aromatic N) is 1. The Morgan fingerprint density at radius 2 is 1.70 bits per heavy atom. The van der Waals surface area contributed by atoms with E-state index in [1.807, 2.05) is 36.4 Å². The summed E-state index contributed by atoms with van der Waals surface area (Å²) >= 11 is 0. The highest BCUT2D eigenvalue weighted by Crippen LogP contribution is 2.38. The summed E-state index contributed by atoms with van der Waals surface area (Å²) in [5, 5.41) is 9.90. The fourth-order valence-electron chi connectivity index (χ4n) is 2.67. The first-order chi connectivity index (χ1) is 9.68. The summed E-state index contributed by atoms with van der Waals surface area (Å²) in [4.78, 5) is 4.57. The molecular weight excluding hydrogens is 248 g/mol. The highest BCUT2D eigenvalue weighted by atomic mass is 16.3. The van der Waals surface area contributed by atoms with Crippen LogP contribution in [0.4, 0.5) is 5.69 Å². The summed E-state index contributed by atoms with van der Waals surface area (Å²) in [6, 6.07) is 11.7. The van der Waals surface area contributed by atoms with Gasteiger partial charge in [-0.25, -0.2) is 0 Å². The van der Waals surface area contributed by atoms with Crippen LogP contribution in [0.2, 0.25) is 0 Å². The van der Waals surface area contributed by atoms with Crippen molar-refractivity contribution in [3.8, 4) is 11.1 Å². The zero-order valence-corrected chi connectivity index (χ0v) is 12.1. The first-order valence-electron chi connectivity index (χ1n) is 7.09. The number of aromatic nitrogens is 1. The molecule has 0 saturated heterocycles. The Bertz CT molecular complexity index is 568. The van der Waals surface area contributed by atoms with Crippen LogP contribution in [-0.4, -0.2) is 16.7 Å². The fraction of sp³-hybridized carbons (Fsp3) is 0.353. The van der Waals surface area contributed by atoms with Crippen LogP contribution in [0.15, 0.2) is 42.6 Å². The van der Waals surface area contributed by atoms with E-state index in [1.54, 1.807) is 6.20 Å². The molecule has 2 aromatic rings. The molecule has 0 saturated carbocycles. The van der Waals surface area contributed by atoms with Gasteiger partial charge in [0.15, 0.2) is 0 Å². The lowest BCUT2D eigenvalue weighted by atomic mass is 9.76. The quantitative estimate of drug-likeness (QED) is 0.819. The van der Waals surface area contributed by atoms with E-state index in [1.165, 1.54) is 0 Å². The number of anilines is 1. The predicted molar refractivity (Wildman–Crippen MR) is 83.4 cm³/mol. The van der Waals surface area contributed by atoms with Crippen LogP contribution in [0.5, 0.6) is 0 Å². The second-order valence-corrected chi connectivity index (χ2v) is 5.13. The maximum absolute atomic E-state index is 9.90. The molecule has 3 N–H and O–H groups in total. The van der Waals surface area contributed by atoms with Gasteiger partial charge in [0.25, 0.3) is 0 Å². The van der Waals surface area contributed by atoms with Gasteiger partial charge in [-0.3, -0.25) is 4.98 Å². The topological polar surface area (TPSA) is 59.1 Å². The Morgan fingerprint density at radius 1 is 1.05 bits per heavy atom. The van der Waals surface area contributed by atoms with Gasteiger partial charge in [0.2, 0.25) is 0 Å². The van der Waals surface area contributed by atoms with Crippen molar-refractivity contribution >= 4 is 5.69 Å². The Morgan fingerprint density at radius 3 is 2.30 bits per heavy atom. The number of aliphatic hydroxyl groups excluding tert-OH is 1. The van der Waals surface area contributed by atoms with Gasteiger partial charge in [0, 0.05) is 28.4 Å². The molecule has 0 radical (unpaired) electrons. The number of rotatable bonds is 5. The predicted octanol–water partition coefficient (Wildman–Crippen LogP) is 3.38. The monoisotopic (exact) mass is 270 g/mol. The number of nitrogen functional groups attached to an aromatic ring is 1. The molecule has 106 valence electrons. The normalized spacial score (nSPS) is 11.6. The third-order valence-corrected chi connectivity index (χ3v) is 4.22. The summed E-state index contributed by atoms with van der Waals surface area (Å²) in [6.07, 6.45) is 3.47. The number of aliphatic hydroxyl groups is 1. The summed E-state index contributed by atoms with van der Waals surface area (Å²) in [5.41, 5.74) is 9.46. The van der Waals surface area contributed by atoms with Crippen molar-refractivity contribution in [3.63, 3.8) is 0 Å². The van der Waals surface area contributed by atoms with E-state index < -0.39 is 0 Å². The van der Waals surface area contributed by atoms with E-state index in [9.17, 15) is 5.11 Å². The molecule has 0 fully saturated rings. The Labute approximate surface area is 120 Å². The Balaban J connectivity index is 2.65. The summed E-state index contributed by atoms with van der Waals surface area (Å²) in [5.74, 6) is 0. The molecule has 2 rings (SSSR count). The third kappa shape index (κ3) is 2.41. The van der Waals surface area contributed by atoms with Crippen LogP contribution < -0.4 is 5.73 Å². The molecular formula is C17H22N2O. The number of pyridine rings is 1. The second kappa shape index (κ2) is 6.06. The third-order valence-electron chi connectivity index (χ3n) is 4.22. The van der Waals surface area contributed by atoms with E-state index in [-0.39, 0.29) is 12.0 Å². The van der Waals surface area contributed by atoms with E-state index in [0.29, 0.717) is 0 Å². The Hall–Kier alpha value is -1.87. The largest absolute Gasteiger partial charge is 0.398 e. The lowest BCUT2D eigenvalue weighted by molar-refractivity contribution is 0.180. The van der Waals surface area contributed by atoms with Crippen LogP contribution in [0, 0.1) is 0 Å². The molecule has 1 heterocycles. The standard InChI is InChI=1S/C17H22N2O/c1-3-17(4-2,12-20)16-14(9-7-11-19-16)13-8-5-6-10-15(13)18/h5-11,20H,3-4,12,18H2,1-2H3. The smallest absolute Gasteiger partial charge is 0.0567 e. The lowest BCUT2D eigenvalue weighted by Crippen LogP contribution is -2.31. The van der Waals surface area contributed by atoms with E-state index in [2.05, 4.69) is 18.8 Å². The molecule has 0 atom stereocenters. The number of benzene rings is 1. The molecule has 0 aliphatic heterocycles. The van der Waals surface area contributed by atoms with Gasteiger partial charge >= 0.3 is 0 Å². The highest BCUT2D eigenvalue weighted by molar-refractivity contribution is 5.78. The van der Waals surface area contributed by atoms with Gasteiger partial charge in [-0.1, -0.05) is 38.1 Å². The molecule has 0 amide bonds. The van der Waals surface area contributed by atoms with Gasteiger partial charge < -0.3 is 10.8 Å². The average molecular weight is 270 g/mol. The second-order valence-electron chi connectivity index (χ2n) is 5.13. The van der Waals surface area contributed by atoms with Crippen molar-refractivity contribution in [3.05, 3.63) is 48.3 Å². The van der Waals surface area contributed by atoms with Crippen LogP contribution in [0.3, 0.4) is 0 Å². The van der Waals surface area contributed by atoms with E-state index in [0.717, 1.165) is 35.3 Å². The van der Waals surface area contributed by atoms with Gasteiger partial charge in [-0.05, 0) is 25.0 Å². The Kier molecular flexibility index (Phi) is 4.40. The van der Waals surface area contributed by atoms with Gasteiger partial charge in [0.05, 0.1) is 12.3 Å². The van der Waals surface area contributed by atoms with Gasteiger partial charge in [-0.15, -0.1) is 0 Å². The minimum absolute atomic E-state index is 0.0940. The zero-order chi connectivity index (χ0) is 14.6. The number of hydrogen-bond acceptors (Lipinski definition) is 3. The summed E-state index contributed by atoms with van der Waals surface area (Å²) in [7, 11) is 0. The van der Waals surface area contributed by atoms with Crippen molar-refractivity contribution in [1.82, 2.24) is 4.98 Å². The van der Waals surface area contributed by atoms with Crippen LogP contribution in [0.25, 0.3) is 11.1 Å². The molecule has 0 spiro atoms.